The molecule has 9 heteroatoms. The van der Waals surface area contributed by atoms with Gasteiger partial charge in [-0.05, 0) is 109 Å². The molecule has 56 heavy (non-hydrogen) atoms. The maximum atomic E-state index is 14.0. The molecule has 0 N–H and O–H groups in total. The van der Waals surface area contributed by atoms with Crippen LogP contribution < -0.4 is 0 Å². The highest BCUT2D eigenvalue weighted by Gasteiger charge is 2.32. The minimum absolute atomic E-state index is 0.338. The Kier molecular flexibility index (Phi) is 7.89. The van der Waals surface area contributed by atoms with Crippen LogP contribution in [-0.4, -0.2) is 9.13 Å². The second-order valence-corrected chi connectivity index (χ2v) is 14.1. The number of nitrogens with zero attached hydrogens (tertiary/aromatic N) is 3. The van der Waals surface area contributed by atoms with E-state index in [1.807, 2.05) is 72.2 Å². The summed E-state index contributed by atoms with van der Waals surface area (Å²) in [7, 11) is 0. The molecule has 0 radical (unpaired) electrons. The van der Waals surface area contributed by atoms with E-state index in [9.17, 15) is 31.6 Å². The van der Waals surface area contributed by atoms with Gasteiger partial charge in [-0.1, -0.05) is 66.2 Å². The van der Waals surface area contributed by atoms with Crippen LogP contribution in [0.15, 0.2) is 140 Å². The normalized spacial score (nSPS) is 12.3. The van der Waals surface area contributed by atoms with Crippen LogP contribution in [-0.2, 0) is 12.4 Å². The molecule has 3 nitrogen and oxygen atoms in total. The molecule has 0 amide bonds. The fourth-order valence-corrected chi connectivity index (χ4v) is 8.05. The van der Waals surface area contributed by atoms with E-state index in [0.29, 0.717) is 60.9 Å². The molecule has 0 atom stereocenters. The SMILES string of the molecule is Cc1ccc2c(c1)c1ccccc1n2-c1ccc(-c2ccc(C(F)(F)F)cc2C)cc1-c1ccc(C#N)cc1-n1c2ccccc2c2cc(C(F)(F)F)ccc21. The molecule has 2 aromatic heterocycles. The van der Waals surface area contributed by atoms with Gasteiger partial charge in [0.2, 0.25) is 0 Å². The molecule has 9 rings (SSSR count). The number of halogens is 6. The van der Waals surface area contributed by atoms with Crippen molar-refractivity contribution in [2.75, 3.05) is 0 Å². The van der Waals surface area contributed by atoms with Gasteiger partial charge in [0.15, 0.2) is 0 Å². The Labute approximate surface area is 316 Å². The summed E-state index contributed by atoms with van der Waals surface area (Å²) >= 11 is 0. The van der Waals surface area contributed by atoms with E-state index in [1.165, 1.54) is 12.1 Å². The lowest BCUT2D eigenvalue weighted by molar-refractivity contribution is -0.138. The number of alkyl halides is 6. The molecule has 0 bridgehead atoms. The minimum atomic E-state index is -4.56. The molecular weight excluding hydrogens is 721 g/mol. The van der Waals surface area contributed by atoms with E-state index < -0.39 is 23.5 Å². The number of aryl methyl sites for hydroxylation is 2. The highest BCUT2D eigenvalue weighted by Crippen LogP contribution is 2.44. The molecule has 0 saturated heterocycles. The van der Waals surface area contributed by atoms with Crippen molar-refractivity contribution in [1.29, 1.82) is 5.26 Å². The number of hydrogen-bond donors (Lipinski definition) is 0. The first-order chi connectivity index (χ1) is 26.8. The zero-order valence-corrected chi connectivity index (χ0v) is 29.9. The first kappa shape index (κ1) is 34.9. The Morgan fingerprint density at radius 2 is 1.02 bits per heavy atom. The van der Waals surface area contributed by atoms with Crippen LogP contribution in [0, 0.1) is 25.2 Å². The van der Waals surface area contributed by atoms with E-state index in [4.69, 9.17) is 0 Å². The predicted molar refractivity (Wildman–Crippen MR) is 210 cm³/mol. The van der Waals surface area contributed by atoms with Crippen molar-refractivity contribution in [3.05, 3.63) is 167 Å². The first-order valence-corrected chi connectivity index (χ1v) is 17.8. The van der Waals surface area contributed by atoms with Gasteiger partial charge in [-0.3, -0.25) is 0 Å². The van der Waals surface area contributed by atoms with Gasteiger partial charge in [0.05, 0.1) is 56.2 Å². The molecule has 9 aromatic rings. The smallest absolute Gasteiger partial charge is 0.309 e. The summed E-state index contributed by atoms with van der Waals surface area (Å²) in [6, 6.07) is 42.1. The first-order valence-electron chi connectivity index (χ1n) is 17.8. The Bertz CT molecular complexity index is 3100. The Hall–Kier alpha value is -6.79. The number of aromatic nitrogens is 2. The largest absolute Gasteiger partial charge is 0.416 e. The van der Waals surface area contributed by atoms with E-state index in [0.717, 1.165) is 57.3 Å². The van der Waals surface area contributed by atoms with Crippen LogP contribution in [0.2, 0.25) is 0 Å². The number of rotatable bonds is 4. The highest BCUT2D eigenvalue weighted by molar-refractivity contribution is 6.12. The molecule has 0 aliphatic rings. The molecule has 0 fully saturated rings. The Balaban J connectivity index is 1.40. The van der Waals surface area contributed by atoms with Gasteiger partial charge in [-0.25, -0.2) is 0 Å². The van der Waals surface area contributed by atoms with Crippen LogP contribution in [0.1, 0.15) is 27.8 Å². The summed E-state index contributed by atoms with van der Waals surface area (Å²) in [4.78, 5) is 0. The molecule has 0 unspecified atom stereocenters. The zero-order valence-electron chi connectivity index (χ0n) is 29.9. The van der Waals surface area contributed by atoms with E-state index in [2.05, 4.69) is 28.8 Å². The molecular formula is C47H29F6N3. The molecule has 274 valence electrons. The average Bonchev–Trinajstić information content (AvgIpc) is 3.69. The number of para-hydroxylation sites is 2. The standard InChI is InChI=1S/C47H29F6N3/c1-27-11-18-42-37(21-27)34-7-3-5-9-40(34)55(42)43-19-13-30(33-17-14-31(22-28(33)2)46(48,49)50)24-38(43)36-16-12-29(26-54)23-45(36)56-41-10-6-4-8-35(41)39-25-32(47(51,52)53)15-20-44(39)56/h3-25H,1-2H3. The van der Waals surface area contributed by atoms with Crippen molar-refractivity contribution in [3.63, 3.8) is 0 Å². The van der Waals surface area contributed by atoms with Gasteiger partial charge in [-0.2, -0.15) is 31.6 Å². The number of hydrogen-bond acceptors (Lipinski definition) is 1. The van der Waals surface area contributed by atoms with Crippen molar-refractivity contribution in [2.45, 2.75) is 26.2 Å². The van der Waals surface area contributed by atoms with Crippen molar-refractivity contribution in [2.24, 2.45) is 0 Å². The summed E-state index contributed by atoms with van der Waals surface area (Å²) in [5.41, 5.74) is 7.30. The summed E-state index contributed by atoms with van der Waals surface area (Å²) in [6.45, 7) is 3.68. The lowest BCUT2D eigenvalue weighted by Gasteiger charge is -2.20. The maximum absolute atomic E-state index is 14.0. The monoisotopic (exact) mass is 749 g/mol. The second kappa shape index (κ2) is 12.6. The van der Waals surface area contributed by atoms with Crippen LogP contribution in [0.3, 0.4) is 0 Å². The van der Waals surface area contributed by atoms with Crippen molar-refractivity contribution < 1.29 is 26.3 Å². The lowest BCUT2D eigenvalue weighted by Crippen LogP contribution is -2.05. The second-order valence-electron chi connectivity index (χ2n) is 14.1. The molecule has 0 saturated carbocycles. The van der Waals surface area contributed by atoms with Crippen LogP contribution in [0.5, 0.6) is 0 Å². The van der Waals surface area contributed by atoms with E-state index in [-0.39, 0.29) is 0 Å². The van der Waals surface area contributed by atoms with Gasteiger partial charge in [0, 0.05) is 32.7 Å². The van der Waals surface area contributed by atoms with Crippen LogP contribution in [0.4, 0.5) is 26.3 Å². The molecule has 7 aromatic carbocycles. The molecule has 0 spiro atoms. The Morgan fingerprint density at radius 1 is 0.464 bits per heavy atom. The summed E-state index contributed by atoms with van der Waals surface area (Å²) in [5.74, 6) is 0. The van der Waals surface area contributed by atoms with Crippen molar-refractivity contribution in [3.8, 4) is 39.7 Å². The van der Waals surface area contributed by atoms with E-state index in [1.54, 1.807) is 31.2 Å². The highest BCUT2D eigenvalue weighted by atomic mass is 19.4. The van der Waals surface area contributed by atoms with Gasteiger partial charge >= 0.3 is 12.4 Å². The van der Waals surface area contributed by atoms with Crippen molar-refractivity contribution >= 4 is 43.6 Å². The van der Waals surface area contributed by atoms with Crippen LogP contribution in [0.25, 0.3) is 77.2 Å². The topological polar surface area (TPSA) is 33.6 Å². The number of benzene rings is 7. The quantitative estimate of drug-likeness (QED) is 0.165. The molecule has 0 aliphatic carbocycles. The summed E-state index contributed by atoms with van der Waals surface area (Å²) < 4.78 is 87.4. The zero-order chi connectivity index (χ0) is 39.1. The maximum Gasteiger partial charge on any atom is 0.416 e. The van der Waals surface area contributed by atoms with Gasteiger partial charge in [0.1, 0.15) is 0 Å². The number of nitriles is 1. The predicted octanol–water partition coefficient (Wildman–Crippen LogP) is 13.7. The third kappa shape index (κ3) is 5.60. The number of fused-ring (bicyclic) bond motifs is 6. The van der Waals surface area contributed by atoms with Crippen LogP contribution >= 0.6 is 0 Å². The molecule has 0 aliphatic heterocycles. The summed E-state index contributed by atoms with van der Waals surface area (Å²) in [5, 5.41) is 13.2. The van der Waals surface area contributed by atoms with Gasteiger partial charge in [-0.15, -0.1) is 0 Å². The Morgan fingerprint density at radius 3 is 1.66 bits per heavy atom. The third-order valence-electron chi connectivity index (χ3n) is 10.6. The summed E-state index contributed by atoms with van der Waals surface area (Å²) in [6.07, 6.45) is -9.07. The fraction of sp³-hybridized carbons (Fsp3) is 0.0851. The lowest BCUT2D eigenvalue weighted by atomic mass is 9.92. The third-order valence-corrected chi connectivity index (χ3v) is 10.6. The minimum Gasteiger partial charge on any atom is -0.309 e. The fourth-order valence-electron chi connectivity index (χ4n) is 8.05. The van der Waals surface area contributed by atoms with Gasteiger partial charge < -0.3 is 9.13 Å². The molecule has 2 heterocycles. The van der Waals surface area contributed by atoms with Crippen molar-refractivity contribution in [1.82, 2.24) is 9.13 Å². The van der Waals surface area contributed by atoms with Gasteiger partial charge in [0.25, 0.3) is 0 Å². The van der Waals surface area contributed by atoms with E-state index >= 15 is 0 Å². The average molecular weight is 750 g/mol.